The molecule has 0 radical (unpaired) electrons. The summed E-state index contributed by atoms with van der Waals surface area (Å²) in [6.45, 7) is 23.1. The van der Waals surface area contributed by atoms with Crippen LogP contribution in [0.3, 0.4) is 0 Å². The summed E-state index contributed by atoms with van der Waals surface area (Å²) >= 11 is 0. The van der Waals surface area contributed by atoms with E-state index >= 15 is 0 Å². The largest absolute Gasteiger partial charge is 0.198 e. The molecule has 0 aliphatic carbocycles. The number of hydrogen-bond donors (Lipinski definition) is 0. The van der Waals surface area contributed by atoms with E-state index in [-0.39, 0.29) is 27.6 Å². The Hall–Kier alpha value is -1.29. The highest BCUT2D eigenvalue weighted by molar-refractivity contribution is 5.22. The lowest BCUT2D eigenvalue weighted by molar-refractivity contribution is 0.0208. The lowest BCUT2D eigenvalue weighted by atomic mass is 9.54. The summed E-state index contributed by atoms with van der Waals surface area (Å²) in [5, 5.41) is 9.95. The van der Waals surface area contributed by atoms with Crippen molar-refractivity contribution in [2.24, 2.45) is 27.6 Å². The van der Waals surface area contributed by atoms with Gasteiger partial charge in [-0.05, 0) is 46.0 Å². The van der Waals surface area contributed by atoms with Gasteiger partial charge in [-0.1, -0.05) is 99.6 Å². The maximum atomic E-state index is 9.95. The summed E-state index contributed by atoms with van der Waals surface area (Å²) in [6.07, 6.45) is 2.02. The first kappa shape index (κ1) is 22.8. The first-order chi connectivity index (χ1) is 11.6. The molecule has 0 bridgehead atoms. The summed E-state index contributed by atoms with van der Waals surface area (Å²) in [5.41, 5.74) is 1.74. The van der Waals surface area contributed by atoms with Gasteiger partial charge in [-0.3, -0.25) is 0 Å². The minimum Gasteiger partial charge on any atom is -0.198 e. The van der Waals surface area contributed by atoms with Crippen molar-refractivity contribution in [3.05, 3.63) is 35.9 Å². The molecule has 26 heavy (non-hydrogen) atoms. The molecule has 1 aromatic carbocycles. The fourth-order valence-corrected chi connectivity index (χ4v) is 3.93. The van der Waals surface area contributed by atoms with Crippen LogP contribution in [0.25, 0.3) is 0 Å². The Balaban J connectivity index is 3.22. The molecule has 0 N–H and O–H groups in total. The van der Waals surface area contributed by atoms with Crippen LogP contribution in [0, 0.1) is 38.9 Å². The van der Waals surface area contributed by atoms with Crippen molar-refractivity contribution in [1.82, 2.24) is 0 Å². The van der Waals surface area contributed by atoms with E-state index in [0.29, 0.717) is 5.92 Å². The molecule has 146 valence electrons. The van der Waals surface area contributed by atoms with Gasteiger partial charge in [0.2, 0.25) is 0 Å². The van der Waals surface area contributed by atoms with E-state index in [1.165, 1.54) is 5.56 Å². The normalized spacial score (nSPS) is 16.0. The Morgan fingerprint density at radius 3 is 1.69 bits per heavy atom. The minimum atomic E-state index is -0.0622. The Labute approximate surface area is 163 Å². The van der Waals surface area contributed by atoms with Crippen LogP contribution in [-0.2, 0) is 0 Å². The molecule has 2 atom stereocenters. The molecular formula is C25H41N. The van der Waals surface area contributed by atoms with Crippen LogP contribution in [0.4, 0.5) is 0 Å². The highest BCUT2D eigenvalue weighted by Gasteiger charge is 2.46. The second-order valence-electron chi connectivity index (χ2n) is 11.6. The van der Waals surface area contributed by atoms with Crippen molar-refractivity contribution in [2.75, 3.05) is 0 Å². The summed E-state index contributed by atoms with van der Waals surface area (Å²) in [7, 11) is 0. The van der Waals surface area contributed by atoms with Crippen molar-refractivity contribution < 1.29 is 0 Å². The molecule has 0 fully saturated rings. The molecular weight excluding hydrogens is 314 g/mol. The topological polar surface area (TPSA) is 23.8 Å². The molecule has 1 rings (SSSR count). The SMILES string of the molecule is CC(C)(C)CC(C#N)C(C)(C)C(C)(C)CC(c1ccccc1)C(C)(C)C. The molecule has 0 saturated carbocycles. The number of nitriles is 1. The number of rotatable bonds is 6. The van der Waals surface area contributed by atoms with Gasteiger partial charge in [0.05, 0.1) is 12.0 Å². The van der Waals surface area contributed by atoms with Gasteiger partial charge in [0.15, 0.2) is 0 Å². The zero-order valence-corrected chi connectivity index (χ0v) is 18.9. The standard InChI is InChI=1S/C25H41N/c1-22(2,3)16-20(18-26)25(9,10)24(7,8)17-21(23(4,5)6)19-14-12-11-13-15-19/h11-15,20-21H,16-17H2,1-10H3. The molecule has 0 amide bonds. The van der Waals surface area contributed by atoms with Crippen molar-refractivity contribution >= 4 is 0 Å². The fourth-order valence-electron chi connectivity index (χ4n) is 3.93. The van der Waals surface area contributed by atoms with Crippen LogP contribution in [0.1, 0.15) is 93.6 Å². The first-order valence-electron chi connectivity index (χ1n) is 10.1. The lowest BCUT2D eigenvalue weighted by Gasteiger charge is -2.49. The average Bonchev–Trinajstić information content (AvgIpc) is 2.49. The van der Waals surface area contributed by atoms with Crippen molar-refractivity contribution in [2.45, 2.75) is 88.0 Å². The Kier molecular flexibility index (Phi) is 6.79. The maximum Gasteiger partial charge on any atom is 0.0661 e. The number of benzene rings is 1. The maximum absolute atomic E-state index is 9.95. The third-order valence-corrected chi connectivity index (χ3v) is 6.55. The quantitative estimate of drug-likeness (QED) is 0.510. The zero-order chi connectivity index (χ0) is 20.4. The summed E-state index contributed by atoms with van der Waals surface area (Å²) in [4.78, 5) is 0. The molecule has 2 unspecified atom stereocenters. The third-order valence-electron chi connectivity index (χ3n) is 6.55. The second kappa shape index (κ2) is 7.75. The van der Waals surface area contributed by atoms with Crippen LogP contribution in [0.5, 0.6) is 0 Å². The van der Waals surface area contributed by atoms with Gasteiger partial charge >= 0.3 is 0 Å². The van der Waals surface area contributed by atoms with Gasteiger partial charge in [-0.25, -0.2) is 0 Å². The van der Waals surface area contributed by atoms with E-state index in [0.717, 1.165) is 12.8 Å². The first-order valence-corrected chi connectivity index (χ1v) is 10.1. The molecule has 0 spiro atoms. The monoisotopic (exact) mass is 355 g/mol. The van der Waals surface area contributed by atoms with Gasteiger partial charge in [-0.15, -0.1) is 0 Å². The van der Waals surface area contributed by atoms with E-state index < -0.39 is 0 Å². The molecule has 0 saturated heterocycles. The molecule has 0 aromatic heterocycles. The smallest absolute Gasteiger partial charge is 0.0661 e. The van der Waals surface area contributed by atoms with Crippen molar-refractivity contribution in [3.8, 4) is 6.07 Å². The Morgan fingerprint density at radius 1 is 0.808 bits per heavy atom. The van der Waals surface area contributed by atoms with Crippen LogP contribution in [0.2, 0.25) is 0 Å². The fraction of sp³-hybridized carbons (Fsp3) is 0.720. The van der Waals surface area contributed by atoms with E-state index in [2.05, 4.69) is 106 Å². The molecule has 1 nitrogen and oxygen atoms in total. The predicted octanol–water partition coefficient (Wildman–Crippen LogP) is 7.83. The molecule has 1 aromatic rings. The summed E-state index contributed by atoms with van der Waals surface area (Å²) in [5.74, 6) is 0.515. The average molecular weight is 356 g/mol. The summed E-state index contributed by atoms with van der Waals surface area (Å²) in [6, 6.07) is 13.6. The van der Waals surface area contributed by atoms with Gasteiger partial charge < -0.3 is 0 Å². The third kappa shape index (κ3) is 5.60. The molecule has 1 heteroatoms. The predicted molar refractivity (Wildman–Crippen MR) is 114 cm³/mol. The zero-order valence-electron chi connectivity index (χ0n) is 18.9. The van der Waals surface area contributed by atoms with E-state index in [4.69, 9.17) is 0 Å². The second-order valence-corrected chi connectivity index (χ2v) is 11.6. The van der Waals surface area contributed by atoms with Crippen LogP contribution < -0.4 is 0 Å². The van der Waals surface area contributed by atoms with Gasteiger partial charge in [0.1, 0.15) is 0 Å². The van der Waals surface area contributed by atoms with Crippen molar-refractivity contribution in [1.29, 1.82) is 5.26 Å². The number of hydrogen-bond acceptors (Lipinski definition) is 1. The van der Waals surface area contributed by atoms with E-state index in [1.54, 1.807) is 0 Å². The van der Waals surface area contributed by atoms with Gasteiger partial charge in [0.25, 0.3) is 0 Å². The highest BCUT2D eigenvalue weighted by Crippen LogP contribution is 2.54. The number of nitrogens with zero attached hydrogens (tertiary/aromatic N) is 1. The van der Waals surface area contributed by atoms with Crippen LogP contribution in [0.15, 0.2) is 30.3 Å². The van der Waals surface area contributed by atoms with E-state index in [9.17, 15) is 5.26 Å². The van der Waals surface area contributed by atoms with Crippen LogP contribution >= 0.6 is 0 Å². The van der Waals surface area contributed by atoms with Gasteiger partial charge in [0, 0.05) is 0 Å². The molecule has 0 aliphatic rings. The molecule has 0 heterocycles. The van der Waals surface area contributed by atoms with Crippen LogP contribution in [-0.4, -0.2) is 0 Å². The summed E-state index contributed by atoms with van der Waals surface area (Å²) < 4.78 is 0. The molecule has 0 aliphatic heterocycles. The Morgan fingerprint density at radius 2 is 1.31 bits per heavy atom. The lowest BCUT2D eigenvalue weighted by Crippen LogP contribution is -2.42. The highest BCUT2D eigenvalue weighted by atomic mass is 14.5. The van der Waals surface area contributed by atoms with Gasteiger partial charge in [-0.2, -0.15) is 5.26 Å². The van der Waals surface area contributed by atoms with E-state index in [1.807, 2.05) is 0 Å². The van der Waals surface area contributed by atoms with Crippen molar-refractivity contribution in [3.63, 3.8) is 0 Å². The minimum absolute atomic E-state index is 0.0481. The Bertz CT molecular complexity index is 602.